The third-order valence-electron chi connectivity index (χ3n) is 3.84. The highest BCUT2D eigenvalue weighted by Crippen LogP contribution is 2.34. The van der Waals surface area contributed by atoms with Gasteiger partial charge in [0.15, 0.2) is 5.60 Å². The Morgan fingerprint density at radius 2 is 2.00 bits per heavy atom. The maximum atomic E-state index is 12.0. The molecule has 124 valence electrons. The van der Waals surface area contributed by atoms with E-state index in [0.29, 0.717) is 13.0 Å². The van der Waals surface area contributed by atoms with Crippen LogP contribution in [0, 0.1) is 0 Å². The number of carbonyl (C=O) groups is 1. The molecule has 2 atom stereocenters. The summed E-state index contributed by atoms with van der Waals surface area (Å²) in [6.07, 6.45) is 8.69. The van der Waals surface area contributed by atoms with Gasteiger partial charge in [-0.25, -0.2) is 4.79 Å². The second-order valence-electron chi connectivity index (χ2n) is 5.54. The lowest BCUT2D eigenvalue weighted by Gasteiger charge is -2.31. The van der Waals surface area contributed by atoms with Crippen LogP contribution in [0.4, 0.5) is 4.79 Å². The van der Waals surface area contributed by atoms with Crippen LogP contribution in [0.15, 0.2) is 54.6 Å². The van der Waals surface area contributed by atoms with Crippen molar-refractivity contribution in [3.05, 3.63) is 60.2 Å². The highest BCUT2D eigenvalue weighted by Gasteiger charge is 2.34. The monoisotopic (exact) mass is 316 g/mol. The Morgan fingerprint density at radius 1 is 1.22 bits per heavy atom. The molecule has 1 aliphatic rings. The van der Waals surface area contributed by atoms with Crippen molar-refractivity contribution in [3.63, 3.8) is 0 Å². The van der Waals surface area contributed by atoms with Gasteiger partial charge in [-0.3, -0.25) is 0 Å². The molecule has 4 heteroatoms. The fourth-order valence-electron chi connectivity index (χ4n) is 2.34. The fraction of sp³-hybridized carbons (Fsp3) is 0.421. The first-order chi connectivity index (χ1) is 11.2. The molecular weight excluding hydrogens is 292 g/mol. The average Bonchev–Trinajstić information content (AvgIpc) is 2.60. The van der Waals surface area contributed by atoms with Crippen molar-refractivity contribution in [3.8, 4) is 0 Å². The van der Waals surface area contributed by atoms with Crippen LogP contribution >= 0.6 is 0 Å². The van der Waals surface area contributed by atoms with Gasteiger partial charge in [-0.15, -0.1) is 0 Å². The van der Waals surface area contributed by atoms with Gasteiger partial charge in [0, 0.05) is 6.42 Å². The van der Waals surface area contributed by atoms with Gasteiger partial charge in [0.25, 0.3) is 0 Å². The Kier molecular flexibility index (Phi) is 6.41. The Labute approximate surface area is 137 Å². The number of ether oxygens (including phenoxy) is 3. The van der Waals surface area contributed by atoms with Gasteiger partial charge in [-0.05, 0) is 25.0 Å². The normalized spacial score (nSPS) is 21.0. The minimum Gasteiger partial charge on any atom is -0.432 e. The van der Waals surface area contributed by atoms with Crippen LogP contribution in [0.2, 0.25) is 0 Å². The van der Waals surface area contributed by atoms with Gasteiger partial charge in [0.2, 0.25) is 0 Å². The van der Waals surface area contributed by atoms with Crippen molar-refractivity contribution in [2.45, 2.75) is 38.4 Å². The van der Waals surface area contributed by atoms with Crippen molar-refractivity contribution < 1.29 is 19.0 Å². The SMILES string of the molecule is CCC(C)OCCOC(=O)OC1(c2ccccc2)C=CC=CC1. The Bertz CT molecular complexity index is 550. The first-order valence-corrected chi connectivity index (χ1v) is 8.03. The highest BCUT2D eigenvalue weighted by atomic mass is 16.7. The quantitative estimate of drug-likeness (QED) is 0.553. The van der Waals surface area contributed by atoms with E-state index >= 15 is 0 Å². The summed E-state index contributed by atoms with van der Waals surface area (Å²) >= 11 is 0. The molecule has 0 spiro atoms. The molecule has 0 saturated carbocycles. The molecule has 0 radical (unpaired) electrons. The minimum absolute atomic E-state index is 0.164. The zero-order chi connectivity index (χ0) is 16.5. The number of carbonyl (C=O) groups excluding carboxylic acids is 1. The van der Waals surface area contributed by atoms with Crippen molar-refractivity contribution in [2.24, 2.45) is 0 Å². The molecule has 0 bridgehead atoms. The van der Waals surface area contributed by atoms with Crippen LogP contribution < -0.4 is 0 Å². The molecule has 0 aliphatic heterocycles. The first kappa shape index (κ1) is 17.3. The molecule has 0 aromatic heterocycles. The Morgan fingerprint density at radius 3 is 2.65 bits per heavy atom. The molecule has 0 amide bonds. The predicted octanol–water partition coefficient (Wildman–Crippen LogP) is 4.37. The maximum Gasteiger partial charge on any atom is 0.509 e. The summed E-state index contributed by atoms with van der Waals surface area (Å²) in [4.78, 5) is 12.0. The van der Waals surface area contributed by atoms with Gasteiger partial charge < -0.3 is 14.2 Å². The van der Waals surface area contributed by atoms with E-state index < -0.39 is 11.8 Å². The topological polar surface area (TPSA) is 44.8 Å². The summed E-state index contributed by atoms with van der Waals surface area (Å²) < 4.78 is 16.3. The lowest BCUT2D eigenvalue weighted by molar-refractivity contribution is -0.0308. The molecule has 0 fully saturated rings. The van der Waals surface area contributed by atoms with Crippen LogP contribution in [0.3, 0.4) is 0 Å². The second kappa shape index (κ2) is 8.53. The van der Waals surface area contributed by atoms with Crippen LogP contribution in [0.1, 0.15) is 32.3 Å². The van der Waals surface area contributed by atoms with Crippen LogP contribution in [-0.2, 0) is 19.8 Å². The first-order valence-electron chi connectivity index (χ1n) is 8.03. The van der Waals surface area contributed by atoms with Crippen molar-refractivity contribution in [2.75, 3.05) is 13.2 Å². The summed E-state index contributed by atoms with van der Waals surface area (Å²) in [6, 6.07) is 9.69. The van der Waals surface area contributed by atoms with Gasteiger partial charge in [-0.1, -0.05) is 55.5 Å². The van der Waals surface area contributed by atoms with Crippen LogP contribution in [0.5, 0.6) is 0 Å². The number of benzene rings is 1. The number of allylic oxidation sites excluding steroid dienone is 2. The van der Waals surface area contributed by atoms with Crippen LogP contribution in [-0.4, -0.2) is 25.5 Å². The maximum absolute atomic E-state index is 12.0. The zero-order valence-electron chi connectivity index (χ0n) is 13.7. The molecule has 1 aromatic carbocycles. The van der Waals surface area contributed by atoms with Crippen LogP contribution in [0.25, 0.3) is 0 Å². The molecular formula is C19H24O4. The molecule has 23 heavy (non-hydrogen) atoms. The molecule has 0 saturated heterocycles. The predicted molar refractivity (Wildman–Crippen MR) is 89.2 cm³/mol. The summed E-state index contributed by atoms with van der Waals surface area (Å²) in [7, 11) is 0. The van der Waals surface area contributed by atoms with Gasteiger partial charge in [-0.2, -0.15) is 0 Å². The Hall–Kier alpha value is -2.07. The van der Waals surface area contributed by atoms with Crippen molar-refractivity contribution >= 4 is 6.16 Å². The molecule has 1 aliphatic carbocycles. The smallest absolute Gasteiger partial charge is 0.432 e. The molecule has 2 unspecified atom stereocenters. The zero-order valence-corrected chi connectivity index (χ0v) is 13.7. The molecule has 0 heterocycles. The largest absolute Gasteiger partial charge is 0.509 e. The standard InChI is InChI=1S/C19H24O4/c1-3-16(2)21-14-15-22-18(20)23-19(12-8-5-9-13-19)17-10-6-4-7-11-17/h4-12,16H,3,13-15H2,1-2H3. The summed E-state index contributed by atoms with van der Waals surface area (Å²) in [6.45, 7) is 4.60. The van der Waals surface area contributed by atoms with E-state index in [2.05, 4.69) is 0 Å². The van der Waals surface area contributed by atoms with Gasteiger partial charge >= 0.3 is 6.16 Å². The number of rotatable bonds is 7. The minimum atomic E-state index is -0.801. The van der Waals surface area contributed by atoms with E-state index in [1.165, 1.54) is 0 Å². The van der Waals surface area contributed by atoms with Gasteiger partial charge in [0.05, 0.1) is 12.7 Å². The third-order valence-corrected chi connectivity index (χ3v) is 3.84. The summed E-state index contributed by atoms with van der Waals surface area (Å²) in [5.74, 6) is 0. The summed E-state index contributed by atoms with van der Waals surface area (Å²) in [5, 5.41) is 0. The van der Waals surface area contributed by atoms with Crippen molar-refractivity contribution in [1.82, 2.24) is 0 Å². The average molecular weight is 316 g/mol. The van der Waals surface area contributed by atoms with E-state index in [0.717, 1.165) is 12.0 Å². The number of hydrogen-bond acceptors (Lipinski definition) is 4. The van der Waals surface area contributed by atoms with E-state index in [1.807, 2.05) is 68.5 Å². The van der Waals surface area contributed by atoms with E-state index in [-0.39, 0.29) is 12.7 Å². The highest BCUT2D eigenvalue weighted by molar-refractivity contribution is 5.61. The fourth-order valence-corrected chi connectivity index (χ4v) is 2.34. The second-order valence-corrected chi connectivity index (χ2v) is 5.54. The van der Waals surface area contributed by atoms with Crippen molar-refractivity contribution in [1.29, 1.82) is 0 Å². The lowest BCUT2D eigenvalue weighted by atomic mass is 9.87. The molecule has 2 rings (SSSR count). The Balaban J connectivity index is 1.93. The molecule has 4 nitrogen and oxygen atoms in total. The van der Waals surface area contributed by atoms with E-state index in [4.69, 9.17) is 14.2 Å². The number of hydrogen-bond donors (Lipinski definition) is 0. The molecule has 0 N–H and O–H groups in total. The summed E-state index contributed by atoms with van der Waals surface area (Å²) in [5.41, 5.74) is 0.124. The van der Waals surface area contributed by atoms with Gasteiger partial charge in [0.1, 0.15) is 6.61 Å². The van der Waals surface area contributed by atoms with E-state index in [1.54, 1.807) is 0 Å². The third kappa shape index (κ3) is 4.96. The van der Waals surface area contributed by atoms with E-state index in [9.17, 15) is 4.79 Å². The lowest BCUT2D eigenvalue weighted by Crippen LogP contribution is -2.31. The molecule has 1 aromatic rings.